The zero-order valence-corrected chi connectivity index (χ0v) is 12.1. The summed E-state index contributed by atoms with van der Waals surface area (Å²) in [6, 6.07) is 2.20. The topological polar surface area (TPSA) is 38.3 Å². The molecule has 20 heavy (non-hydrogen) atoms. The first-order chi connectivity index (χ1) is 9.20. The molecule has 1 aromatic rings. The van der Waals surface area contributed by atoms with E-state index in [4.69, 9.17) is 16.3 Å². The number of halogens is 3. The van der Waals surface area contributed by atoms with Crippen molar-refractivity contribution in [3.63, 3.8) is 0 Å². The highest BCUT2D eigenvalue weighted by Crippen LogP contribution is 2.21. The van der Waals surface area contributed by atoms with Crippen molar-refractivity contribution < 1.29 is 18.3 Å². The second kappa shape index (κ2) is 6.58. The Balaban J connectivity index is 2.60. The summed E-state index contributed by atoms with van der Waals surface area (Å²) in [5.74, 6) is 3.21. The summed E-state index contributed by atoms with van der Waals surface area (Å²) in [5.41, 5.74) is -0.643. The Morgan fingerprint density at radius 3 is 2.65 bits per heavy atom. The van der Waals surface area contributed by atoms with E-state index in [-0.39, 0.29) is 12.1 Å². The zero-order chi connectivity index (χ0) is 15.3. The molecule has 0 atom stereocenters. The highest BCUT2D eigenvalue weighted by atomic mass is 35.5. The lowest BCUT2D eigenvalue weighted by molar-refractivity contribution is 0.0535. The maximum atomic E-state index is 13.5. The number of nitrogens with one attached hydrogen (secondary N) is 1. The van der Waals surface area contributed by atoms with E-state index < -0.39 is 28.4 Å². The summed E-state index contributed by atoms with van der Waals surface area (Å²) >= 11 is 5.41. The average molecular weight is 302 g/mol. The minimum Gasteiger partial charge on any atom is -0.444 e. The molecule has 3 nitrogen and oxygen atoms in total. The number of rotatable bonds is 1. The molecule has 108 valence electrons. The van der Waals surface area contributed by atoms with E-state index in [2.05, 4.69) is 17.2 Å². The van der Waals surface area contributed by atoms with Crippen LogP contribution in [0, 0.1) is 23.5 Å². The van der Waals surface area contributed by atoms with Crippen LogP contribution in [0.4, 0.5) is 13.6 Å². The van der Waals surface area contributed by atoms with Gasteiger partial charge in [-0.25, -0.2) is 13.6 Å². The lowest BCUT2D eigenvalue weighted by Gasteiger charge is -2.18. The van der Waals surface area contributed by atoms with Crippen molar-refractivity contribution in [3.8, 4) is 11.8 Å². The highest BCUT2D eigenvalue weighted by Gasteiger charge is 2.15. The molecule has 0 radical (unpaired) electrons. The molecule has 1 aromatic carbocycles. The Bertz CT molecular complexity index is 571. The van der Waals surface area contributed by atoms with Crippen LogP contribution < -0.4 is 5.32 Å². The van der Waals surface area contributed by atoms with Gasteiger partial charge in [-0.2, -0.15) is 0 Å². The van der Waals surface area contributed by atoms with Crippen LogP contribution in [0.15, 0.2) is 12.1 Å². The smallest absolute Gasteiger partial charge is 0.408 e. The standard InChI is InChI=1S/C14H14ClF2NO2/c1-14(2,3)20-13(19)18-8-4-5-9-6-7-10(16)11(15)12(9)17/h6-7H,8H2,1-3H3,(H,18,19). The van der Waals surface area contributed by atoms with Gasteiger partial charge in [0.15, 0.2) is 5.82 Å². The first-order valence-corrected chi connectivity index (χ1v) is 6.18. The fraction of sp³-hybridized carbons (Fsp3) is 0.357. The van der Waals surface area contributed by atoms with E-state index in [9.17, 15) is 13.6 Å². The molecular weight excluding hydrogens is 288 g/mol. The van der Waals surface area contributed by atoms with Gasteiger partial charge in [-0.3, -0.25) is 0 Å². The lowest BCUT2D eigenvalue weighted by atomic mass is 10.2. The molecule has 0 fully saturated rings. The maximum Gasteiger partial charge on any atom is 0.408 e. The Hall–Kier alpha value is -1.80. The van der Waals surface area contributed by atoms with Gasteiger partial charge in [-0.05, 0) is 32.9 Å². The molecule has 0 heterocycles. The maximum absolute atomic E-state index is 13.5. The number of carbonyl (C=O) groups excluding carboxylic acids is 1. The molecule has 0 aromatic heterocycles. The third kappa shape index (κ3) is 5.06. The van der Waals surface area contributed by atoms with Crippen LogP contribution in [0.5, 0.6) is 0 Å². The number of carbonyl (C=O) groups is 1. The summed E-state index contributed by atoms with van der Waals surface area (Å²) < 4.78 is 31.4. The second-order valence-electron chi connectivity index (χ2n) is 4.88. The second-order valence-corrected chi connectivity index (χ2v) is 5.26. The van der Waals surface area contributed by atoms with Crippen LogP contribution in [-0.4, -0.2) is 18.2 Å². The third-order valence-corrected chi connectivity index (χ3v) is 2.32. The van der Waals surface area contributed by atoms with E-state index in [1.165, 1.54) is 6.07 Å². The molecule has 1 amide bonds. The van der Waals surface area contributed by atoms with Crippen molar-refractivity contribution in [1.29, 1.82) is 0 Å². The van der Waals surface area contributed by atoms with E-state index in [1.807, 2.05) is 0 Å². The minimum atomic E-state index is -0.920. The van der Waals surface area contributed by atoms with Gasteiger partial charge < -0.3 is 10.1 Å². The molecule has 0 aliphatic rings. The van der Waals surface area contributed by atoms with Gasteiger partial charge in [-0.15, -0.1) is 0 Å². The number of alkyl carbamates (subject to hydrolysis) is 1. The fourth-order valence-corrected chi connectivity index (χ4v) is 1.36. The van der Waals surface area contributed by atoms with E-state index in [1.54, 1.807) is 20.8 Å². The molecule has 0 spiro atoms. The number of hydrogen-bond acceptors (Lipinski definition) is 2. The predicted molar refractivity (Wildman–Crippen MR) is 72.5 cm³/mol. The molecule has 0 saturated carbocycles. The van der Waals surface area contributed by atoms with Gasteiger partial charge in [-0.1, -0.05) is 23.4 Å². The summed E-state index contributed by atoms with van der Waals surface area (Å²) in [7, 11) is 0. The number of ether oxygens (including phenoxy) is 1. The normalized spacial score (nSPS) is 10.5. The van der Waals surface area contributed by atoms with Crippen LogP contribution in [0.3, 0.4) is 0 Å². The molecule has 0 unspecified atom stereocenters. The Labute approximate surface area is 121 Å². The van der Waals surface area contributed by atoms with Gasteiger partial charge in [0.2, 0.25) is 0 Å². The average Bonchev–Trinajstić information content (AvgIpc) is 2.32. The molecule has 1 N–H and O–H groups in total. The Morgan fingerprint density at radius 2 is 2.05 bits per heavy atom. The summed E-state index contributed by atoms with van der Waals surface area (Å²) in [6.07, 6.45) is -0.621. The van der Waals surface area contributed by atoms with Crippen LogP contribution in [0.2, 0.25) is 5.02 Å². The molecule has 0 saturated heterocycles. The van der Waals surface area contributed by atoms with Crippen molar-refractivity contribution in [2.75, 3.05) is 6.54 Å². The monoisotopic (exact) mass is 301 g/mol. The Morgan fingerprint density at radius 1 is 1.40 bits per heavy atom. The minimum absolute atomic E-state index is 0.0245. The van der Waals surface area contributed by atoms with Gasteiger partial charge in [0, 0.05) is 0 Å². The van der Waals surface area contributed by atoms with Gasteiger partial charge in [0.1, 0.15) is 16.4 Å². The van der Waals surface area contributed by atoms with Crippen molar-refractivity contribution in [2.45, 2.75) is 26.4 Å². The third-order valence-electron chi connectivity index (χ3n) is 1.98. The largest absolute Gasteiger partial charge is 0.444 e. The van der Waals surface area contributed by atoms with Crippen molar-refractivity contribution >= 4 is 17.7 Å². The first-order valence-electron chi connectivity index (χ1n) is 5.80. The highest BCUT2D eigenvalue weighted by molar-refractivity contribution is 6.31. The van der Waals surface area contributed by atoms with Crippen LogP contribution in [-0.2, 0) is 4.74 Å². The van der Waals surface area contributed by atoms with Crippen LogP contribution >= 0.6 is 11.6 Å². The van der Waals surface area contributed by atoms with Crippen molar-refractivity contribution in [1.82, 2.24) is 5.32 Å². The quantitative estimate of drug-likeness (QED) is 0.637. The fourth-order valence-electron chi connectivity index (χ4n) is 1.19. The van der Waals surface area contributed by atoms with Gasteiger partial charge >= 0.3 is 6.09 Å². The van der Waals surface area contributed by atoms with Gasteiger partial charge in [0.25, 0.3) is 0 Å². The molecule has 6 heteroatoms. The predicted octanol–water partition coefficient (Wildman–Crippen LogP) is 3.49. The molecule has 1 rings (SSSR count). The Kier molecular flexibility index (Phi) is 5.34. The zero-order valence-electron chi connectivity index (χ0n) is 11.3. The summed E-state index contributed by atoms with van der Waals surface area (Å²) in [4.78, 5) is 11.3. The molecule has 0 bridgehead atoms. The van der Waals surface area contributed by atoms with Crippen molar-refractivity contribution in [2.24, 2.45) is 0 Å². The summed E-state index contributed by atoms with van der Waals surface area (Å²) in [5, 5.41) is 1.79. The van der Waals surface area contributed by atoms with Crippen LogP contribution in [0.1, 0.15) is 26.3 Å². The van der Waals surface area contributed by atoms with Crippen molar-refractivity contribution in [3.05, 3.63) is 34.4 Å². The molecule has 0 aliphatic heterocycles. The summed E-state index contributed by atoms with van der Waals surface area (Å²) in [6.45, 7) is 5.17. The number of amides is 1. The van der Waals surface area contributed by atoms with E-state index in [0.29, 0.717) is 0 Å². The number of benzene rings is 1. The van der Waals surface area contributed by atoms with Crippen LogP contribution in [0.25, 0.3) is 0 Å². The molecular formula is C14H14ClF2NO2. The number of hydrogen-bond donors (Lipinski definition) is 1. The molecule has 0 aliphatic carbocycles. The lowest BCUT2D eigenvalue weighted by Crippen LogP contribution is -2.32. The van der Waals surface area contributed by atoms with E-state index in [0.717, 1.165) is 6.07 Å². The van der Waals surface area contributed by atoms with Gasteiger partial charge in [0.05, 0.1) is 12.1 Å². The first kappa shape index (κ1) is 16.3. The SMILES string of the molecule is CC(C)(C)OC(=O)NCC#Cc1ccc(F)c(Cl)c1F. The van der Waals surface area contributed by atoms with E-state index >= 15 is 0 Å².